The van der Waals surface area contributed by atoms with Crippen LogP contribution in [0.3, 0.4) is 0 Å². The maximum atomic E-state index is 2.53. The Morgan fingerprint density at radius 3 is 1.91 bits per heavy atom. The molecule has 7 aromatic carbocycles. The van der Waals surface area contributed by atoms with Gasteiger partial charge in [0.1, 0.15) is 0 Å². The summed E-state index contributed by atoms with van der Waals surface area (Å²) in [7, 11) is 0. The van der Waals surface area contributed by atoms with Crippen LogP contribution in [0, 0.1) is 5.92 Å². The number of aromatic nitrogens is 1. The molecule has 0 fully saturated rings. The molecule has 0 saturated carbocycles. The van der Waals surface area contributed by atoms with E-state index in [-0.39, 0.29) is 10.8 Å². The zero-order valence-electron chi connectivity index (χ0n) is 30.8. The second-order valence-electron chi connectivity index (χ2n) is 16.5. The van der Waals surface area contributed by atoms with E-state index in [1.807, 2.05) is 0 Å². The third kappa shape index (κ3) is 3.65. The summed E-state index contributed by atoms with van der Waals surface area (Å²) in [5, 5.41) is 2.58. The Morgan fingerprint density at radius 2 is 1.17 bits per heavy atom. The van der Waals surface area contributed by atoms with Gasteiger partial charge < -0.3 is 4.57 Å². The molecule has 0 bridgehead atoms. The van der Waals surface area contributed by atoms with Crippen molar-refractivity contribution >= 4 is 27.4 Å². The minimum Gasteiger partial charge on any atom is -0.309 e. The fraction of sp³-hybridized carbons (Fsp3) is 0.132. The summed E-state index contributed by atoms with van der Waals surface area (Å²) in [6.07, 6.45) is 5.92. The van der Waals surface area contributed by atoms with Crippen LogP contribution in [-0.2, 0) is 10.8 Å². The lowest BCUT2D eigenvalue weighted by molar-refractivity contribution is 0.643. The minimum absolute atomic E-state index is 0.00781. The molecule has 12 rings (SSSR count). The van der Waals surface area contributed by atoms with Gasteiger partial charge >= 0.3 is 0 Å². The van der Waals surface area contributed by atoms with Crippen molar-refractivity contribution in [2.75, 3.05) is 0 Å². The van der Waals surface area contributed by atoms with Crippen molar-refractivity contribution in [1.29, 1.82) is 0 Å². The van der Waals surface area contributed by atoms with E-state index in [2.05, 4.69) is 189 Å². The summed E-state index contributed by atoms with van der Waals surface area (Å²) in [5.74, 6) is 0.580. The van der Waals surface area contributed by atoms with Gasteiger partial charge in [-0.05, 0) is 115 Å². The van der Waals surface area contributed by atoms with E-state index in [1.54, 1.807) is 0 Å². The summed E-state index contributed by atoms with van der Waals surface area (Å²) in [4.78, 5) is 0. The molecule has 0 radical (unpaired) electrons. The molecule has 1 atom stereocenters. The van der Waals surface area contributed by atoms with Crippen molar-refractivity contribution in [2.24, 2.45) is 5.92 Å². The van der Waals surface area contributed by atoms with Crippen molar-refractivity contribution in [2.45, 2.75) is 38.0 Å². The largest absolute Gasteiger partial charge is 0.309 e. The Balaban J connectivity index is 1.14. The Hall–Kier alpha value is -6.18. The second kappa shape index (κ2) is 10.5. The van der Waals surface area contributed by atoms with Crippen LogP contribution in [0.15, 0.2) is 169 Å². The van der Waals surface area contributed by atoms with Gasteiger partial charge in [0.15, 0.2) is 0 Å². The summed E-state index contributed by atoms with van der Waals surface area (Å²) in [5.41, 5.74) is 22.6. The molecule has 1 nitrogen and oxygen atoms in total. The van der Waals surface area contributed by atoms with Crippen molar-refractivity contribution in [3.8, 4) is 39.1 Å². The van der Waals surface area contributed by atoms with E-state index in [0.717, 1.165) is 6.42 Å². The van der Waals surface area contributed by atoms with Crippen LogP contribution < -0.4 is 0 Å². The number of fused-ring (bicyclic) bond motifs is 16. The van der Waals surface area contributed by atoms with Gasteiger partial charge in [0, 0.05) is 27.4 Å². The Bertz CT molecular complexity index is 2950. The highest BCUT2D eigenvalue weighted by molar-refractivity contribution is 6.17. The molecule has 1 heterocycles. The lowest BCUT2D eigenvalue weighted by atomic mass is 9.70. The van der Waals surface area contributed by atoms with Gasteiger partial charge in [-0.3, -0.25) is 0 Å². The molecular formula is C53H39N. The predicted molar refractivity (Wildman–Crippen MR) is 225 cm³/mol. The monoisotopic (exact) mass is 689 g/mol. The van der Waals surface area contributed by atoms with Crippen LogP contribution in [0.25, 0.3) is 66.4 Å². The topological polar surface area (TPSA) is 4.93 Å². The highest BCUT2D eigenvalue weighted by atomic mass is 15.0. The van der Waals surface area contributed by atoms with Gasteiger partial charge in [0.05, 0.1) is 16.4 Å². The maximum absolute atomic E-state index is 2.53. The van der Waals surface area contributed by atoms with E-state index in [0.29, 0.717) is 5.92 Å². The molecule has 0 aliphatic heterocycles. The average molecular weight is 690 g/mol. The summed E-state index contributed by atoms with van der Waals surface area (Å²) in [6.45, 7) is 7.14. The number of allylic oxidation sites excluding steroid dienone is 4. The van der Waals surface area contributed by atoms with Crippen molar-refractivity contribution < 1.29 is 0 Å². The highest BCUT2D eigenvalue weighted by Gasteiger charge is 2.52. The fourth-order valence-electron chi connectivity index (χ4n) is 11.1. The second-order valence-corrected chi connectivity index (χ2v) is 16.5. The van der Waals surface area contributed by atoms with E-state index in [4.69, 9.17) is 0 Å². The third-order valence-corrected chi connectivity index (χ3v) is 13.4. The van der Waals surface area contributed by atoms with Gasteiger partial charge in [-0.25, -0.2) is 0 Å². The van der Waals surface area contributed by atoms with Crippen LogP contribution in [-0.4, -0.2) is 4.57 Å². The number of nitrogens with zero attached hydrogens (tertiary/aromatic N) is 1. The van der Waals surface area contributed by atoms with E-state index in [9.17, 15) is 0 Å². The lowest BCUT2D eigenvalue weighted by Gasteiger charge is -2.30. The first-order valence-electron chi connectivity index (χ1n) is 19.5. The first-order valence-corrected chi connectivity index (χ1v) is 19.5. The zero-order chi connectivity index (χ0) is 35.9. The van der Waals surface area contributed by atoms with E-state index < -0.39 is 0 Å². The number of para-hydroxylation sites is 1. The predicted octanol–water partition coefficient (Wildman–Crippen LogP) is 13.4. The maximum Gasteiger partial charge on any atom is 0.0726 e. The van der Waals surface area contributed by atoms with E-state index in [1.165, 1.54) is 105 Å². The van der Waals surface area contributed by atoms with Crippen LogP contribution in [0.2, 0.25) is 0 Å². The molecule has 8 aromatic rings. The average Bonchev–Trinajstić information content (AvgIpc) is 3.88. The smallest absolute Gasteiger partial charge is 0.0726 e. The molecule has 1 unspecified atom stereocenters. The number of benzene rings is 7. The number of hydrogen-bond donors (Lipinski definition) is 0. The molecule has 4 aliphatic rings. The molecule has 0 saturated heterocycles. The molecule has 4 aliphatic carbocycles. The quantitative estimate of drug-likeness (QED) is 0.170. The SMILES string of the molecule is CC1C=CC2=C(C1)c1ccc(-c3ccc4c(c3)c3ccc5c(c3n4-c3ccccc3)-c3ccccc3C53c4ccccc4-c4ccccc43)cc1C2(C)C. The van der Waals surface area contributed by atoms with Crippen molar-refractivity contribution in [1.82, 2.24) is 4.57 Å². The van der Waals surface area contributed by atoms with Gasteiger partial charge in [0.25, 0.3) is 0 Å². The molecule has 54 heavy (non-hydrogen) atoms. The van der Waals surface area contributed by atoms with Crippen molar-refractivity contribution in [3.05, 3.63) is 203 Å². The first kappa shape index (κ1) is 30.3. The summed E-state index contributed by atoms with van der Waals surface area (Å²) >= 11 is 0. The first-order chi connectivity index (χ1) is 26.5. The minimum atomic E-state index is -0.381. The van der Waals surface area contributed by atoms with Crippen LogP contribution >= 0.6 is 0 Å². The van der Waals surface area contributed by atoms with E-state index >= 15 is 0 Å². The van der Waals surface area contributed by atoms with Crippen LogP contribution in [0.1, 0.15) is 60.6 Å². The molecule has 1 aromatic heterocycles. The van der Waals surface area contributed by atoms with Crippen LogP contribution in [0.4, 0.5) is 0 Å². The molecule has 1 heteroatoms. The van der Waals surface area contributed by atoms with Crippen LogP contribution in [0.5, 0.6) is 0 Å². The van der Waals surface area contributed by atoms with Gasteiger partial charge in [-0.1, -0.05) is 154 Å². The van der Waals surface area contributed by atoms with Gasteiger partial charge in [-0.2, -0.15) is 0 Å². The molecule has 0 amide bonds. The Morgan fingerprint density at radius 1 is 0.537 bits per heavy atom. The van der Waals surface area contributed by atoms with Crippen molar-refractivity contribution in [3.63, 3.8) is 0 Å². The lowest BCUT2D eigenvalue weighted by Crippen LogP contribution is -2.25. The Labute approximate surface area is 316 Å². The molecule has 256 valence electrons. The molecule has 1 spiro atoms. The summed E-state index contributed by atoms with van der Waals surface area (Å²) in [6, 6.07) is 57.6. The molecular weight excluding hydrogens is 651 g/mol. The van der Waals surface area contributed by atoms with Gasteiger partial charge in [-0.15, -0.1) is 0 Å². The number of rotatable bonds is 2. The highest BCUT2D eigenvalue weighted by Crippen LogP contribution is 2.64. The Kier molecular flexibility index (Phi) is 5.88. The normalized spacial score (nSPS) is 17.8. The van der Waals surface area contributed by atoms with Gasteiger partial charge in [0.2, 0.25) is 0 Å². The zero-order valence-corrected chi connectivity index (χ0v) is 30.8. The summed E-state index contributed by atoms with van der Waals surface area (Å²) < 4.78 is 2.53. The fourth-order valence-corrected chi connectivity index (χ4v) is 11.1. The standard InChI is InChI=1S/C53H39N/c1-32-21-26-43-41(29-32)38-24-22-34(31-48(38)52(43,2)3)33-23-28-49-42(30-33)39-25-27-47-50(51(39)54(49)35-13-5-4-6-14-35)40-17-9-12-20-46(40)53(47)44-18-10-7-15-36(44)37-16-8-11-19-45(37)53/h4-28,30-32H,29H2,1-3H3. The number of hydrogen-bond acceptors (Lipinski definition) is 0. The third-order valence-electron chi connectivity index (χ3n) is 13.4. The molecule has 0 N–H and O–H groups in total.